The van der Waals surface area contributed by atoms with Gasteiger partial charge in [0.1, 0.15) is 0 Å². The lowest BCUT2D eigenvalue weighted by Crippen LogP contribution is -2.00. The van der Waals surface area contributed by atoms with Crippen LogP contribution in [0, 0.1) is 6.92 Å². The Kier molecular flexibility index (Phi) is 2.08. The molecule has 0 saturated heterocycles. The Morgan fingerprint density at radius 1 is 1.18 bits per heavy atom. The Morgan fingerprint density at radius 2 is 2.06 bits per heavy atom. The van der Waals surface area contributed by atoms with Gasteiger partial charge in [0.2, 0.25) is 0 Å². The largest absolute Gasteiger partial charge is 0.399 e. The van der Waals surface area contributed by atoms with Crippen molar-refractivity contribution >= 4 is 16.6 Å². The van der Waals surface area contributed by atoms with Gasteiger partial charge in [0, 0.05) is 16.8 Å². The molecule has 3 rings (SSSR count). The standard InChI is InChI=1S/C13H12N4/c1-9-3-2-4-13(16-9)17-12-7-11(14)6-5-10(12)8-15-17/h2-8H,14H2,1H3. The van der Waals surface area contributed by atoms with E-state index < -0.39 is 0 Å². The summed E-state index contributed by atoms with van der Waals surface area (Å²) >= 11 is 0. The van der Waals surface area contributed by atoms with Gasteiger partial charge in [0.05, 0.1) is 11.7 Å². The van der Waals surface area contributed by atoms with E-state index in [0.29, 0.717) is 0 Å². The number of aromatic nitrogens is 3. The maximum Gasteiger partial charge on any atom is 0.154 e. The molecule has 0 saturated carbocycles. The van der Waals surface area contributed by atoms with Crippen molar-refractivity contribution in [1.82, 2.24) is 14.8 Å². The van der Waals surface area contributed by atoms with Crippen LogP contribution < -0.4 is 5.73 Å². The number of anilines is 1. The summed E-state index contributed by atoms with van der Waals surface area (Å²) < 4.78 is 1.80. The zero-order valence-corrected chi connectivity index (χ0v) is 9.46. The smallest absolute Gasteiger partial charge is 0.154 e. The summed E-state index contributed by atoms with van der Waals surface area (Å²) in [5.74, 6) is 0.811. The van der Waals surface area contributed by atoms with Gasteiger partial charge in [-0.2, -0.15) is 5.10 Å². The summed E-state index contributed by atoms with van der Waals surface area (Å²) in [6.07, 6.45) is 1.82. The zero-order chi connectivity index (χ0) is 11.8. The highest BCUT2D eigenvalue weighted by molar-refractivity contribution is 5.83. The van der Waals surface area contributed by atoms with Crippen LogP contribution in [0.15, 0.2) is 42.6 Å². The predicted octanol–water partition coefficient (Wildman–Crippen LogP) is 2.31. The minimum absolute atomic E-state index is 0.729. The van der Waals surface area contributed by atoms with E-state index >= 15 is 0 Å². The Balaban J connectivity index is 2.27. The van der Waals surface area contributed by atoms with E-state index in [1.54, 1.807) is 4.68 Å². The van der Waals surface area contributed by atoms with Crippen LogP contribution in [-0.2, 0) is 0 Å². The molecular weight excluding hydrogens is 212 g/mol. The molecule has 4 nitrogen and oxygen atoms in total. The van der Waals surface area contributed by atoms with Crippen LogP contribution in [0.3, 0.4) is 0 Å². The van der Waals surface area contributed by atoms with E-state index in [1.165, 1.54) is 0 Å². The number of nitrogens with two attached hydrogens (primary N) is 1. The second kappa shape index (κ2) is 3.59. The molecule has 0 atom stereocenters. The van der Waals surface area contributed by atoms with Gasteiger partial charge in [-0.3, -0.25) is 0 Å². The lowest BCUT2D eigenvalue weighted by Gasteiger charge is -2.03. The summed E-state index contributed by atoms with van der Waals surface area (Å²) in [7, 11) is 0. The molecule has 0 radical (unpaired) electrons. The monoisotopic (exact) mass is 224 g/mol. The number of pyridine rings is 1. The van der Waals surface area contributed by atoms with Gasteiger partial charge in [0.25, 0.3) is 0 Å². The Morgan fingerprint density at radius 3 is 2.88 bits per heavy atom. The lowest BCUT2D eigenvalue weighted by atomic mass is 10.2. The first-order chi connectivity index (χ1) is 8.24. The summed E-state index contributed by atoms with van der Waals surface area (Å²) in [6, 6.07) is 11.6. The molecule has 17 heavy (non-hydrogen) atoms. The van der Waals surface area contributed by atoms with Crippen LogP contribution in [0.1, 0.15) is 5.69 Å². The maximum absolute atomic E-state index is 5.80. The topological polar surface area (TPSA) is 56.7 Å². The molecule has 0 fully saturated rings. The number of fused-ring (bicyclic) bond motifs is 1. The molecular formula is C13H12N4. The number of nitrogens with zero attached hydrogens (tertiary/aromatic N) is 3. The molecule has 0 amide bonds. The second-order valence-electron chi connectivity index (χ2n) is 4.01. The van der Waals surface area contributed by atoms with E-state index in [9.17, 15) is 0 Å². The normalized spacial score (nSPS) is 10.9. The predicted molar refractivity (Wildman–Crippen MR) is 68.0 cm³/mol. The first-order valence-electron chi connectivity index (χ1n) is 5.41. The highest BCUT2D eigenvalue weighted by Crippen LogP contribution is 2.19. The van der Waals surface area contributed by atoms with Crippen LogP contribution in [0.2, 0.25) is 0 Å². The van der Waals surface area contributed by atoms with Crippen molar-refractivity contribution in [2.45, 2.75) is 6.92 Å². The van der Waals surface area contributed by atoms with Crippen molar-refractivity contribution in [2.24, 2.45) is 0 Å². The van der Waals surface area contributed by atoms with E-state index in [2.05, 4.69) is 10.1 Å². The number of hydrogen-bond acceptors (Lipinski definition) is 3. The van der Waals surface area contributed by atoms with Gasteiger partial charge in [-0.25, -0.2) is 9.67 Å². The molecule has 0 aliphatic heterocycles. The fourth-order valence-corrected chi connectivity index (χ4v) is 1.86. The third-order valence-electron chi connectivity index (χ3n) is 2.69. The van der Waals surface area contributed by atoms with Gasteiger partial charge < -0.3 is 5.73 Å². The molecule has 0 spiro atoms. The number of nitrogen functional groups attached to an aromatic ring is 1. The summed E-state index contributed by atoms with van der Waals surface area (Å²) in [4.78, 5) is 4.46. The summed E-state index contributed by atoms with van der Waals surface area (Å²) in [6.45, 7) is 1.96. The van der Waals surface area contributed by atoms with Crippen molar-refractivity contribution in [2.75, 3.05) is 5.73 Å². The first kappa shape index (κ1) is 9.84. The maximum atomic E-state index is 5.80. The number of aryl methyl sites for hydroxylation is 1. The second-order valence-corrected chi connectivity index (χ2v) is 4.01. The summed E-state index contributed by atoms with van der Waals surface area (Å²) in [5, 5.41) is 5.40. The molecule has 2 N–H and O–H groups in total. The summed E-state index contributed by atoms with van der Waals surface area (Å²) in [5.41, 5.74) is 8.47. The molecule has 84 valence electrons. The minimum atomic E-state index is 0.729. The number of benzene rings is 1. The molecule has 2 aromatic heterocycles. The molecule has 3 aromatic rings. The van der Waals surface area contributed by atoms with E-state index in [1.807, 2.05) is 49.5 Å². The molecule has 4 heteroatoms. The van der Waals surface area contributed by atoms with Crippen LogP contribution in [0.4, 0.5) is 5.69 Å². The van der Waals surface area contributed by atoms with Gasteiger partial charge in [0.15, 0.2) is 5.82 Å². The average molecular weight is 224 g/mol. The highest BCUT2D eigenvalue weighted by atomic mass is 15.3. The molecule has 0 bridgehead atoms. The Hall–Kier alpha value is -2.36. The average Bonchev–Trinajstić information content (AvgIpc) is 2.71. The zero-order valence-electron chi connectivity index (χ0n) is 9.46. The van der Waals surface area contributed by atoms with E-state index in [4.69, 9.17) is 5.73 Å². The van der Waals surface area contributed by atoms with Crippen LogP contribution in [0.5, 0.6) is 0 Å². The molecule has 1 aromatic carbocycles. The Bertz CT molecular complexity index is 685. The van der Waals surface area contributed by atoms with Gasteiger partial charge in [-0.1, -0.05) is 6.07 Å². The third-order valence-corrected chi connectivity index (χ3v) is 2.69. The van der Waals surface area contributed by atoms with Crippen LogP contribution in [-0.4, -0.2) is 14.8 Å². The highest BCUT2D eigenvalue weighted by Gasteiger charge is 2.05. The van der Waals surface area contributed by atoms with Crippen molar-refractivity contribution in [3.8, 4) is 5.82 Å². The minimum Gasteiger partial charge on any atom is -0.399 e. The SMILES string of the molecule is Cc1cccc(-n2ncc3ccc(N)cc32)n1. The van der Waals surface area contributed by atoms with Crippen molar-refractivity contribution in [3.63, 3.8) is 0 Å². The molecule has 0 unspecified atom stereocenters. The third kappa shape index (κ3) is 1.63. The van der Waals surface area contributed by atoms with Crippen LogP contribution >= 0.6 is 0 Å². The molecule has 0 aliphatic carbocycles. The van der Waals surface area contributed by atoms with Gasteiger partial charge in [-0.15, -0.1) is 0 Å². The lowest BCUT2D eigenvalue weighted by molar-refractivity contribution is 0.867. The fraction of sp³-hybridized carbons (Fsp3) is 0.0769. The van der Waals surface area contributed by atoms with Gasteiger partial charge in [-0.05, 0) is 37.3 Å². The Labute approximate surface area is 98.7 Å². The fourth-order valence-electron chi connectivity index (χ4n) is 1.86. The van der Waals surface area contributed by atoms with Gasteiger partial charge >= 0.3 is 0 Å². The van der Waals surface area contributed by atoms with E-state index in [-0.39, 0.29) is 0 Å². The van der Waals surface area contributed by atoms with Crippen molar-refractivity contribution in [1.29, 1.82) is 0 Å². The number of rotatable bonds is 1. The first-order valence-corrected chi connectivity index (χ1v) is 5.41. The van der Waals surface area contributed by atoms with Crippen molar-refractivity contribution < 1.29 is 0 Å². The van der Waals surface area contributed by atoms with Crippen LogP contribution in [0.25, 0.3) is 16.7 Å². The number of hydrogen-bond donors (Lipinski definition) is 1. The molecule has 0 aliphatic rings. The molecule has 2 heterocycles. The quantitative estimate of drug-likeness (QED) is 0.645. The van der Waals surface area contributed by atoms with E-state index in [0.717, 1.165) is 28.1 Å². The van der Waals surface area contributed by atoms with Crippen molar-refractivity contribution in [3.05, 3.63) is 48.3 Å².